The second-order valence-corrected chi connectivity index (χ2v) is 6.88. The molecule has 0 aliphatic rings. The fourth-order valence-corrected chi connectivity index (χ4v) is 3.39. The summed E-state index contributed by atoms with van der Waals surface area (Å²) in [7, 11) is 0. The van der Waals surface area contributed by atoms with E-state index >= 15 is 0 Å². The van der Waals surface area contributed by atoms with Gasteiger partial charge in [0.05, 0.1) is 27.0 Å². The predicted octanol–water partition coefficient (Wildman–Crippen LogP) is 3.69. The third kappa shape index (κ3) is 3.45. The number of rotatable bonds is 6. The van der Waals surface area contributed by atoms with Crippen molar-refractivity contribution in [1.82, 2.24) is 14.9 Å². The topological polar surface area (TPSA) is 103 Å². The van der Waals surface area contributed by atoms with Crippen LogP contribution in [0.5, 0.6) is 0 Å². The summed E-state index contributed by atoms with van der Waals surface area (Å²) in [5, 5.41) is 10.0. The summed E-state index contributed by atoms with van der Waals surface area (Å²) in [6, 6.07) is 3.07. The molecule has 7 nitrogen and oxygen atoms in total. The molecule has 0 unspecified atom stereocenters. The minimum absolute atomic E-state index is 0.128. The van der Waals surface area contributed by atoms with Crippen LogP contribution in [-0.4, -0.2) is 44.9 Å². The largest absolute Gasteiger partial charge is 0.477 e. The normalized spacial score (nSPS) is 11.1. The van der Waals surface area contributed by atoms with E-state index in [4.69, 9.17) is 16.7 Å². The number of pyridine rings is 2. The first-order chi connectivity index (χ1) is 13.4. The van der Waals surface area contributed by atoms with Gasteiger partial charge in [-0.15, -0.1) is 0 Å². The zero-order valence-corrected chi connectivity index (χ0v) is 16.3. The molecule has 1 amide bonds. The quantitative estimate of drug-likeness (QED) is 0.613. The number of carboxylic acids is 1. The molecule has 146 valence electrons. The lowest BCUT2D eigenvalue weighted by Gasteiger charge is -2.20. The highest BCUT2D eigenvalue weighted by Gasteiger charge is 2.19. The maximum absolute atomic E-state index is 12.8. The van der Waals surface area contributed by atoms with E-state index in [-0.39, 0.29) is 21.9 Å². The van der Waals surface area contributed by atoms with E-state index in [0.29, 0.717) is 35.1 Å². The number of hydrogen-bond donors (Lipinski definition) is 2. The highest BCUT2D eigenvalue weighted by molar-refractivity contribution is 6.37. The van der Waals surface area contributed by atoms with Crippen molar-refractivity contribution in [3.8, 4) is 0 Å². The van der Waals surface area contributed by atoms with Gasteiger partial charge in [-0.25, -0.2) is 4.79 Å². The summed E-state index contributed by atoms with van der Waals surface area (Å²) < 4.78 is 0. The van der Waals surface area contributed by atoms with Crippen LogP contribution in [0.2, 0.25) is 5.02 Å². The zero-order chi connectivity index (χ0) is 20.4. The Morgan fingerprint density at radius 1 is 1.25 bits per heavy atom. The minimum atomic E-state index is -1.32. The molecule has 2 N–H and O–H groups in total. The number of fused-ring (bicyclic) bond motifs is 3. The van der Waals surface area contributed by atoms with Gasteiger partial charge >= 0.3 is 5.97 Å². The number of nitrogens with one attached hydrogen (secondary N) is 1. The van der Waals surface area contributed by atoms with E-state index in [1.165, 1.54) is 12.3 Å². The molecule has 2 heterocycles. The molecule has 28 heavy (non-hydrogen) atoms. The van der Waals surface area contributed by atoms with Crippen LogP contribution in [0, 0.1) is 0 Å². The van der Waals surface area contributed by atoms with Crippen LogP contribution in [0.15, 0.2) is 29.3 Å². The van der Waals surface area contributed by atoms with Gasteiger partial charge in [-0.2, -0.15) is 0 Å². The maximum Gasteiger partial charge on any atom is 0.341 e. The van der Waals surface area contributed by atoms with Gasteiger partial charge in [0.15, 0.2) is 0 Å². The number of unbranched alkanes of at least 4 members (excludes halogenated alkanes) is 1. The van der Waals surface area contributed by atoms with Crippen LogP contribution < -0.4 is 5.43 Å². The lowest BCUT2D eigenvalue weighted by Crippen LogP contribution is -2.31. The number of nitrogens with zero attached hydrogens (tertiary/aromatic N) is 2. The van der Waals surface area contributed by atoms with Crippen molar-refractivity contribution in [3.05, 3.63) is 50.9 Å². The first-order valence-corrected chi connectivity index (χ1v) is 9.43. The average molecular weight is 402 g/mol. The van der Waals surface area contributed by atoms with Crippen molar-refractivity contribution in [2.45, 2.75) is 26.7 Å². The Bertz CT molecular complexity index is 1140. The average Bonchev–Trinajstić information content (AvgIpc) is 2.68. The molecule has 2 aromatic heterocycles. The molecular weight excluding hydrogens is 382 g/mol. The Labute approximate surface area is 165 Å². The number of aromatic carboxylic acids is 1. The number of hydrogen-bond acceptors (Lipinski definition) is 4. The van der Waals surface area contributed by atoms with Gasteiger partial charge in [0, 0.05) is 30.9 Å². The summed E-state index contributed by atoms with van der Waals surface area (Å²) in [5.41, 5.74) is 0.195. The molecular formula is C20H20ClN3O4. The SMILES string of the molecule is CCCCN(CC)C(=O)c1cnc2c(c1)c(Cl)cc1c(=O)c(C(=O)O)c[nH]c12. The van der Waals surface area contributed by atoms with Crippen molar-refractivity contribution < 1.29 is 14.7 Å². The molecule has 0 saturated heterocycles. The Balaban J connectivity index is 2.15. The smallest absolute Gasteiger partial charge is 0.341 e. The van der Waals surface area contributed by atoms with Gasteiger partial charge in [0.25, 0.3) is 5.91 Å². The van der Waals surface area contributed by atoms with Crippen molar-refractivity contribution in [2.75, 3.05) is 13.1 Å². The minimum Gasteiger partial charge on any atom is -0.477 e. The number of aromatic nitrogens is 2. The Hall–Kier alpha value is -2.93. The number of amides is 1. The van der Waals surface area contributed by atoms with Gasteiger partial charge in [-0.05, 0) is 25.5 Å². The summed E-state index contributed by atoms with van der Waals surface area (Å²) >= 11 is 6.35. The Kier molecular flexibility index (Phi) is 5.65. The summed E-state index contributed by atoms with van der Waals surface area (Å²) in [6.45, 7) is 5.25. The number of carbonyl (C=O) groups is 2. The van der Waals surface area contributed by atoms with Crippen LogP contribution >= 0.6 is 11.6 Å². The first kappa shape index (κ1) is 19.8. The van der Waals surface area contributed by atoms with E-state index in [2.05, 4.69) is 16.9 Å². The zero-order valence-electron chi connectivity index (χ0n) is 15.6. The standard InChI is InChI=1S/C20H20ClN3O4/c1-3-5-6-24(4-2)19(26)11-7-12-15(21)8-13-17(16(12)22-9-11)23-10-14(18(13)25)20(27)28/h7-10H,3-6H2,1-2H3,(H,23,25)(H,27,28). The maximum atomic E-state index is 12.8. The molecule has 0 atom stereocenters. The van der Waals surface area contributed by atoms with Gasteiger partial charge < -0.3 is 15.0 Å². The van der Waals surface area contributed by atoms with E-state index in [1.54, 1.807) is 11.0 Å². The lowest BCUT2D eigenvalue weighted by atomic mass is 10.1. The van der Waals surface area contributed by atoms with Crippen LogP contribution in [0.4, 0.5) is 0 Å². The highest BCUT2D eigenvalue weighted by Crippen LogP contribution is 2.29. The molecule has 0 bridgehead atoms. The van der Waals surface area contributed by atoms with E-state index in [1.807, 2.05) is 6.92 Å². The number of aromatic amines is 1. The second kappa shape index (κ2) is 7.98. The second-order valence-electron chi connectivity index (χ2n) is 6.48. The number of benzene rings is 1. The Morgan fingerprint density at radius 2 is 2.00 bits per heavy atom. The summed E-state index contributed by atoms with van der Waals surface area (Å²) in [5.74, 6) is -1.45. The van der Waals surface area contributed by atoms with Crippen molar-refractivity contribution >= 4 is 45.3 Å². The Morgan fingerprint density at radius 3 is 2.64 bits per heavy atom. The molecule has 0 saturated carbocycles. The van der Waals surface area contributed by atoms with Crippen LogP contribution in [0.3, 0.4) is 0 Å². The van der Waals surface area contributed by atoms with Crippen molar-refractivity contribution in [1.29, 1.82) is 0 Å². The summed E-state index contributed by atoms with van der Waals surface area (Å²) in [4.78, 5) is 45.3. The molecule has 0 aliphatic heterocycles. The van der Waals surface area contributed by atoms with Gasteiger partial charge in [0.2, 0.25) is 5.43 Å². The fraction of sp³-hybridized carbons (Fsp3) is 0.300. The van der Waals surface area contributed by atoms with Gasteiger partial charge in [0.1, 0.15) is 5.56 Å². The molecule has 8 heteroatoms. The number of H-pyrrole nitrogens is 1. The van der Waals surface area contributed by atoms with E-state index in [0.717, 1.165) is 19.0 Å². The third-order valence-corrected chi connectivity index (χ3v) is 5.01. The monoisotopic (exact) mass is 401 g/mol. The number of carboxylic acid groups (broad SMARTS) is 1. The lowest BCUT2D eigenvalue weighted by molar-refractivity contribution is 0.0694. The molecule has 0 radical (unpaired) electrons. The predicted molar refractivity (Wildman–Crippen MR) is 108 cm³/mol. The molecule has 0 aliphatic carbocycles. The molecule has 0 spiro atoms. The number of carbonyl (C=O) groups excluding carboxylic acids is 1. The van der Waals surface area contributed by atoms with Gasteiger partial charge in [-0.1, -0.05) is 24.9 Å². The van der Waals surface area contributed by atoms with Gasteiger partial charge in [-0.3, -0.25) is 14.6 Å². The third-order valence-electron chi connectivity index (χ3n) is 4.70. The van der Waals surface area contributed by atoms with E-state index < -0.39 is 11.4 Å². The fourth-order valence-electron chi connectivity index (χ4n) is 3.14. The summed E-state index contributed by atoms with van der Waals surface area (Å²) in [6.07, 6.45) is 4.51. The van der Waals surface area contributed by atoms with Crippen LogP contribution in [0.1, 0.15) is 47.4 Å². The molecule has 1 aromatic carbocycles. The molecule has 3 aromatic rings. The molecule has 0 fully saturated rings. The number of halogens is 1. The van der Waals surface area contributed by atoms with E-state index in [9.17, 15) is 14.4 Å². The van der Waals surface area contributed by atoms with Crippen LogP contribution in [0.25, 0.3) is 21.8 Å². The highest BCUT2D eigenvalue weighted by atomic mass is 35.5. The van der Waals surface area contributed by atoms with Crippen molar-refractivity contribution in [3.63, 3.8) is 0 Å². The van der Waals surface area contributed by atoms with Crippen molar-refractivity contribution in [2.24, 2.45) is 0 Å². The van der Waals surface area contributed by atoms with Crippen LogP contribution in [-0.2, 0) is 0 Å². The first-order valence-electron chi connectivity index (χ1n) is 9.05. The molecule has 3 rings (SSSR count).